The second-order valence-electron chi connectivity index (χ2n) is 4.90. The van der Waals surface area contributed by atoms with E-state index in [1.54, 1.807) is 56.3 Å². The number of nitriles is 2. The third kappa shape index (κ3) is 4.92. The Balaban J connectivity index is 2.77. The minimum absolute atomic E-state index is 0.134. The quantitative estimate of drug-likeness (QED) is 0.804. The Morgan fingerprint density at radius 3 is 2.27 bits per heavy atom. The third-order valence-corrected chi connectivity index (χ3v) is 2.85. The molecule has 0 aliphatic carbocycles. The Morgan fingerprint density at radius 1 is 1.18 bits per heavy atom. The average Bonchev–Trinajstić information content (AvgIpc) is 2.51. The van der Waals surface area contributed by atoms with Crippen LogP contribution in [0.5, 0.6) is 0 Å². The van der Waals surface area contributed by atoms with Gasteiger partial charge < -0.3 is 10.1 Å². The number of nitrogens with zero attached hydrogens (tertiary/aromatic N) is 2. The van der Waals surface area contributed by atoms with Crippen molar-refractivity contribution in [1.29, 1.82) is 10.5 Å². The van der Waals surface area contributed by atoms with Gasteiger partial charge in [0.15, 0.2) is 0 Å². The van der Waals surface area contributed by atoms with Crippen molar-refractivity contribution in [2.45, 2.75) is 20.0 Å². The standard InChI is InChI=1S/C16H17N3O3/c1-11(2)22-16(21)14(13(8-17)9-18)10-19-15(20)12-6-4-3-5-7-12/h3-7,11,13-14H,10H2,1-2H3,(H,19,20). The van der Waals surface area contributed by atoms with Crippen molar-refractivity contribution in [3.63, 3.8) is 0 Å². The summed E-state index contributed by atoms with van der Waals surface area (Å²) in [5, 5.41) is 20.5. The molecule has 0 saturated heterocycles. The Morgan fingerprint density at radius 2 is 1.77 bits per heavy atom. The first kappa shape index (κ1) is 17.2. The SMILES string of the molecule is CC(C)OC(=O)C(CNC(=O)c1ccccc1)C(C#N)C#N. The van der Waals surface area contributed by atoms with Crippen LogP contribution < -0.4 is 5.32 Å². The van der Waals surface area contributed by atoms with Gasteiger partial charge in [-0.25, -0.2) is 0 Å². The minimum Gasteiger partial charge on any atom is -0.463 e. The van der Waals surface area contributed by atoms with Crippen LogP contribution in [0.3, 0.4) is 0 Å². The zero-order valence-corrected chi connectivity index (χ0v) is 12.4. The number of hydrogen-bond donors (Lipinski definition) is 1. The fourth-order valence-electron chi connectivity index (χ4n) is 1.76. The van der Waals surface area contributed by atoms with E-state index in [9.17, 15) is 9.59 Å². The number of hydrogen-bond acceptors (Lipinski definition) is 5. The van der Waals surface area contributed by atoms with Gasteiger partial charge >= 0.3 is 5.97 Å². The zero-order chi connectivity index (χ0) is 16.5. The Kier molecular flexibility index (Phi) is 6.59. The van der Waals surface area contributed by atoms with Crippen LogP contribution in [0.1, 0.15) is 24.2 Å². The predicted octanol–water partition coefficient (Wildman–Crippen LogP) is 1.65. The van der Waals surface area contributed by atoms with Crippen molar-refractivity contribution < 1.29 is 14.3 Å². The van der Waals surface area contributed by atoms with Crippen molar-refractivity contribution in [3.8, 4) is 12.1 Å². The van der Waals surface area contributed by atoms with E-state index < -0.39 is 17.8 Å². The van der Waals surface area contributed by atoms with Gasteiger partial charge in [-0.1, -0.05) is 18.2 Å². The number of amides is 1. The average molecular weight is 299 g/mol. The van der Waals surface area contributed by atoms with Crippen LogP contribution in [0, 0.1) is 34.5 Å². The summed E-state index contributed by atoms with van der Waals surface area (Å²) in [6.45, 7) is 3.21. The van der Waals surface area contributed by atoms with Gasteiger partial charge in [0.1, 0.15) is 11.8 Å². The van der Waals surface area contributed by atoms with Crippen molar-refractivity contribution in [3.05, 3.63) is 35.9 Å². The number of carbonyl (C=O) groups excluding carboxylic acids is 2. The molecule has 0 radical (unpaired) electrons. The summed E-state index contributed by atoms with van der Waals surface area (Å²) in [4.78, 5) is 24.0. The van der Waals surface area contributed by atoms with Crippen molar-refractivity contribution in [2.75, 3.05) is 6.54 Å². The Hall–Kier alpha value is -2.86. The molecule has 114 valence electrons. The highest BCUT2D eigenvalue weighted by Crippen LogP contribution is 2.13. The fourth-order valence-corrected chi connectivity index (χ4v) is 1.76. The second kappa shape index (κ2) is 8.43. The molecular weight excluding hydrogens is 282 g/mol. The monoisotopic (exact) mass is 299 g/mol. The molecule has 1 aromatic rings. The molecule has 1 unspecified atom stereocenters. The van der Waals surface area contributed by atoms with E-state index in [0.717, 1.165) is 0 Å². The molecule has 0 aromatic heterocycles. The topological polar surface area (TPSA) is 103 Å². The lowest BCUT2D eigenvalue weighted by molar-refractivity contribution is -0.152. The molecule has 1 aromatic carbocycles. The zero-order valence-electron chi connectivity index (χ0n) is 12.4. The first-order chi connectivity index (χ1) is 10.5. The maximum Gasteiger partial charge on any atom is 0.313 e. The molecular formula is C16H17N3O3. The molecule has 0 aliphatic heterocycles. The van der Waals surface area contributed by atoms with Crippen LogP contribution in [-0.4, -0.2) is 24.5 Å². The summed E-state index contributed by atoms with van der Waals surface area (Å²) < 4.78 is 5.04. The van der Waals surface area contributed by atoms with E-state index in [2.05, 4.69) is 5.32 Å². The van der Waals surface area contributed by atoms with E-state index in [1.807, 2.05) is 0 Å². The van der Waals surface area contributed by atoms with Gasteiger partial charge in [-0.15, -0.1) is 0 Å². The Labute approximate surface area is 129 Å². The summed E-state index contributed by atoms with van der Waals surface area (Å²) >= 11 is 0. The summed E-state index contributed by atoms with van der Waals surface area (Å²) in [5.74, 6) is -3.25. The van der Waals surface area contributed by atoms with E-state index in [0.29, 0.717) is 5.56 Å². The molecule has 1 N–H and O–H groups in total. The van der Waals surface area contributed by atoms with Crippen LogP contribution in [0.15, 0.2) is 30.3 Å². The number of carbonyl (C=O) groups is 2. The van der Waals surface area contributed by atoms with Gasteiger partial charge in [0.25, 0.3) is 5.91 Å². The van der Waals surface area contributed by atoms with Crippen molar-refractivity contribution in [1.82, 2.24) is 5.32 Å². The Bertz CT molecular complexity index is 585. The van der Waals surface area contributed by atoms with Crippen LogP contribution in [-0.2, 0) is 9.53 Å². The first-order valence-electron chi connectivity index (χ1n) is 6.82. The molecule has 0 fully saturated rings. The summed E-state index contributed by atoms with van der Waals surface area (Å²) in [5.41, 5.74) is 0.434. The molecule has 0 bridgehead atoms. The molecule has 0 saturated carbocycles. The van der Waals surface area contributed by atoms with Crippen LogP contribution >= 0.6 is 0 Å². The van der Waals surface area contributed by atoms with E-state index in [4.69, 9.17) is 15.3 Å². The summed E-state index contributed by atoms with van der Waals surface area (Å²) in [7, 11) is 0. The van der Waals surface area contributed by atoms with Gasteiger partial charge in [-0.3, -0.25) is 9.59 Å². The number of benzene rings is 1. The van der Waals surface area contributed by atoms with Crippen LogP contribution in [0.2, 0.25) is 0 Å². The molecule has 1 amide bonds. The molecule has 1 rings (SSSR count). The van der Waals surface area contributed by atoms with Gasteiger partial charge in [-0.2, -0.15) is 10.5 Å². The number of esters is 1. The number of rotatable bonds is 6. The van der Waals surface area contributed by atoms with Gasteiger partial charge in [0, 0.05) is 12.1 Å². The predicted molar refractivity (Wildman–Crippen MR) is 78.2 cm³/mol. The number of ether oxygens (including phenoxy) is 1. The van der Waals surface area contributed by atoms with Gasteiger partial charge in [0.05, 0.1) is 18.2 Å². The maximum absolute atomic E-state index is 12.0. The smallest absolute Gasteiger partial charge is 0.313 e. The fraction of sp³-hybridized carbons (Fsp3) is 0.375. The lowest BCUT2D eigenvalue weighted by atomic mass is 9.94. The molecule has 0 aliphatic rings. The highest BCUT2D eigenvalue weighted by Gasteiger charge is 2.31. The molecule has 0 spiro atoms. The highest BCUT2D eigenvalue weighted by atomic mass is 16.5. The van der Waals surface area contributed by atoms with Crippen molar-refractivity contribution >= 4 is 11.9 Å². The van der Waals surface area contributed by atoms with E-state index in [1.165, 1.54) is 0 Å². The molecule has 0 heterocycles. The summed E-state index contributed by atoms with van der Waals surface area (Å²) in [6.07, 6.45) is -0.363. The minimum atomic E-state index is -1.18. The third-order valence-electron chi connectivity index (χ3n) is 2.85. The normalized spacial score (nSPS) is 11.4. The van der Waals surface area contributed by atoms with Gasteiger partial charge in [-0.05, 0) is 26.0 Å². The molecule has 1 atom stereocenters. The summed E-state index contributed by atoms with van der Waals surface area (Å²) in [6, 6.07) is 12.0. The maximum atomic E-state index is 12.0. The van der Waals surface area contributed by atoms with E-state index in [-0.39, 0.29) is 18.6 Å². The first-order valence-corrected chi connectivity index (χ1v) is 6.82. The highest BCUT2D eigenvalue weighted by molar-refractivity contribution is 5.94. The lowest BCUT2D eigenvalue weighted by Crippen LogP contribution is -2.38. The number of nitrogens with one attached hydrogen (secondary N) is 1. The molecule has 22 heavy (non-hydrogen) atoms. The van der Waals surface area contributed by atoms with Crippen LogP contribution in [0.4, 0.5) is 0 Å². The second-order valence-corrected chi connectivity index (χ2v) is 4.90. The van der Waals surface area contributed by atoms with Crippen LogP contribution in [0.25, 0.3) is 0 Å². The lowest BCUT2D eigenvalue weighted by Gasteiger charge is -2.18. The molecule has 6 heteroatoms. The van der Waals surface area contributed by atoms with E-state index >= 15 is 0 Å². The largest absolute Gasteiger partial charge is 0.463 e. The van der Waals surface area contributed by atoms with Crippen molar-refractivity contribution in [2.24, 2.45) is 11.8 Å². The molecule has 6 nitrogen and oxygen atoms in total. The van der Waals surface area contributed by atoms with Gasteiger partial charge in [0.2, 0.25) is 0 Å².